The largest absolute Gasteiger partial charge is 0.477 e. The highest BCUT2D eigenvalue weighted by atomic mass is 16.5. The maximum atomic E-state index is 10.7. The molecule has 5 heteroatoms. The van der Waals surface area contributed by atoms with Crippen LogP contribution in [-0.2, 0) is 0 Å². The standard InChI is InChI=1S/C8H6N2O3/c11-8(12)6-4-10-13-7(6)5-1-2-9-3-5/h1-4,9H,(H,11,12). The van der Waals surface area contributed by atoms with Crippen LogP contribution in [0.1, 0.15) is 10.4 Å². The average Bonchev–Trinajstić information content (AvgIpc) is 2.74. The van der Waals surface area contributed by atoms with Crippen molar-refractivity contribution in [3.63, 3.8) is 0 Å². The number of aromatic nitrogens is 2. The minimum Gasteiger partial charge on any atom is -0.477 e. The highest BCUT2D eigenvalue weighted by Crippen LogP contribution is 2.22. The van der Waals surface area contributed by atoms with Crippen molar-refractivity contribution >= 4 is 5.97 Å². The highest BCUT2D eigenvalue weighted by Gasteiger charge is 2.16. The number of hydrogen-bond donors (Lipinski definition) is 2. The van der Waals surface area contributed by atoms with Gasteiger partial charge in [-0.3, -0.25) is 0 Å². The summed E-state index contributed by atoms with van der Waals surface area (Å²) in [7, 11) is 0. The van der Waals surface area contributed by atoms with Crippen LogP contribution in [0.3, 0.4) is 0 Å². The molecule has 0 radical (unpaired) electrons. The van der Waals surface area contributed by atoms with Crippen LogP contribution in [0.5, 0.6) is 0 Å². The molecule has 2 aromatic heterocycles. The second-order valence-electron chi connectivity index (χ2n) is 2.47. The van der Waals surface area contributed by atoms with E-state index in [1.54, 1.807) is 18.5 Å². The zero-order valence-corrected chi connectivity index (χ0v) is 6.52. The molecular weight excluding hydrogens is 172 g/mol. The number of aromatic carboxylic acids is 1. The van der Waals surface area contributed by atoms with Crippen LogP contribution in [0.2, 0.25) is 0 Å². The van der Waals surface area contributed by atoms with E-state index in [0.717, 1.165) is 0 Å². The highest BCUT2D eigenvalue weighted by molar-refractivity contribution is 5.93. The van der Waals surface area contributed by atoms with Gasteiger partial charge in [-0.1, -0.05) is 5.16 Å². The Morgan fingerprint density at radius 3 is 3.08 bits per heavy atom. The molecule has 0 aliphatic heterocycles. The number of rotatable bonds is 2. The normalized spacial score (nSPS) is 10.2. The maximum absolute atomic E-state index is 10.7. The number of hydrogen-bond acceptors (Lipinski definition) is 3. The zero-order chi connectivity index (χ0) is 9.26. The molecule has 0 fully saturated rings. The Hall–Kier alpha value is -2.04. The average molecular weight is 178 g/mol. The molecule has 0 saturated carbocycles. The number of nitrogens with one attached hydrogen (secondary N) is 1. The van der Waals surface area contributed by atoms with Crippen molar-refractivity contribution < 1.29 is 14.4 Å². The van der Waals surface area contributed by atoms with Gasteiger partial charge in [0.2, 0.25) is 0 Å². The summed E-state index contributed by atoms with van der Waals surface area (Å²) in [5.41, 5.74) is 0.745. The van der Waals surface area contributed by atoms with Crippen LogP contribution >= 0.6 is 0 Å². The van der Waals surface area contributed by atoms with Crippen LogP contribution in [-0.4, -0.2) is 21.2 Å². The predicted molar refractivity (Wildman–Crippen MR) is 43.2 cm³/mol. The Bertz CT molecular complexity index is 416. The SMILES string of the molecule is O=C(O)c1cnoc1-c1cc[nH]c1. The van der Waals surface area contributed by atoms with E-state index in [0.29, 0.717) is 5.56 Å². The first-order valence-corrected chi connectivity index (χ1v) is 3.60. The second kappa shape index (κ2) is 2.78. The summed E-state index contributed by atoms with van der Waals surface area (Å²) in [5, 5.41) is 12.2. The van der Waals surface area contributed by atoms with E-state index in [1.807, 2.05) is 0 Å². The van der Waals surface area contributed by atoms with Gasteiger partial charge in [0.05, 0.1) is 6.20 Å². The number of carboxylic acid groups (broad SMARTS) is 1. The number of nitrogens with zero attached hydrogens (tertiary/aromatic N) is 1. The lowest BCUT2D eigenvalue weighted by atomic mass is 10.2. The van der Waals surface area contributed by atoms with Crippen molar-refractivity contribution in [3.8, 4) is 11.3 Å². The first kappa shape index (κ1) is 7.60. The molecular formula is C8H6N2O3. The third kappa shape index (κ3) is 1.20. The summed E-state index contributed by atoms with van der Waals surface area (Å²) in [4.78, 5) is 13.5. The van der Waals surface area contributed by atoms with Gasteiger partial charge in [-0.2, -0.15) is 0 Å². The van der Waals surface area contributed by atoms with Crippen LogP contribution in [0, 0.1) is 0 Å². The van der Waals surface area contributed by atoms with E-state index in [-0.39, 0.29) is 11.3 Å². The Morgan fingerprint density at radius 1 is 1.62 bits per heavy atom. The number of carboxylic acids is 1. The molecule has 0 atom stereocenters. The summed E-state index contributed by atoms with van der Waals surface area (Å²) in [6.45, 7) is 0. The number of H-pyrrole nitrogens is 1. The van der Waals surface area contributed by atoms with Crippen LogP contribution in [0.25, 0.3) is 11.3 Å². The van der Waals surface area contributed by atoms with Gasteiger partial charge in [0, 0.05) is 18.0 Å². The Morgan fingerprint density at radius 2 is 2.46 bits per heavy atom. The minimum atomic E-state index is -1.04. The molecule has 2 N–H and O–H groups in total. The van der Waals surface area contributed by atoms with Gasteiger partial charge in [-0.05, 0) is 6.07 Å². The van der Waals surface area contributed by atoms with E-state index in [4.69, 9.17) is 9.63 Å². The minimum absolute atomic E-state index is 0.0691. The van der Waals surface area contributed by atoms with Crippen LogP contribution in [0.15, 0.2) is 29.2 Å². The van der Waals surface area contributed by atoms with Crippen molar-refractivity contribution in [1.82, 2.24) is 10.1 Å². The van der Waals surface area contributed by atoms with Gasteiger partial charge in [0.1, 0.15) is 5.56 Å². The molecule has 66 valence electrons. The molecule has 0 bridgehead atoms. The monoisotopic (exact) mass is 178 g/mol. The fourth-order valence-electron chi connectivity index (χ4n) is 1.07. The first-order chi connectivity index (χ1) is 6.29. The molecule has 0 aliphatic carbocycles. The third-order valence-corrected chi connectivity index (χ3v) is 1.66. The van der Waals surface area contributed by atoms with E-state index in [9.17, 15) is 4.79 Å². The van der Waals surface area contributed by atoms with Gasteiger partial charge in [0.15, 0.2) is 5.76 Å². The second-order valence-corrected chi connectivity index (χ2v) is 2.47. The summed E-state index contributed by atoms with van der Waals surface area (Å²) >= 11 is 0. The molecule has 0 aromatic carbocycles. The number of aromatic amines is 1. The molecule has 13 heavy (non-hydrogen) atoms. The molecule has 2 heterocycles. The lowest BCUT2D eigenvalue weighted by Crippen LogP contribution is -1.95. The summed E-state index contributed by atoms with van der Waals surface area (Å²) < 4.78 is 4.82. The van der Waals surface area contributed by atoms with E-state index in [1.165, 1.54) is 6.20 Å². The van der Waals surface area contributed by atoms with E-state index < -0.39 is 5.97 Å². The molecule has 0 spiro atoms. The molecule has 2 aromatic rings. The Balaban J connectivity index is 2.52. The van der Waals surface area contributed by atoms with Crippen molar-refractivity contribution in [3.05, 3.63) is 30.2 Å². The van der Waals surface area contributed by atoms with Gasteiger partial charge >= 0.3 is 5.97 Å². The van der Waals surface area contributed by atoms with Gasteiger partial charge in [-0.15, -0.1) is 0 Å². The molecule has 5 nitrogen and oxygen atoms in total. The quantitative estimate of drug-likeness (QED) is 0.727. The molecule has 0 aliphatic rings. The summed E-state index contributed by atoms with van der Waals surface area (Å²) in [5.74, 6) is -0.772. The smallest absolute Gasteiger partial charge is 0.341 e. The fraction of sp³-hybridized carbons (Fsp3) is 0. The molecule has 2 rings (SSSR count). The topological polar surface area (TPSA) is 79.1 Å². The fourth-order valence-corrected chi connectivity index (χ4v) is 1.07. The predicted octanol–water partition coefficient (Wildman–Crippen LogP) is 1.37. The van der Waals surface area contributed by atoms with Gasteiger partial charge in [0.25, 0.3) is 0 Å². The zero-order valence-electron chi connectivity index (χ0n) is 6.52. The van der Waals surface area contributed by atoms with Crippen molar-refractivity contribution in [2.75, 3.05) is 0 Å². The van der Waals surface area contributed by atoms with Crippen molar-refractivity contribution in [2.45, 2.75) is 0 Å². The molecule has 0 saturated heterocycles. The van der Waals surface area contributed by atoms with E-state index >= 15 is 0 Å². The van der Waals surface area contributed by atoms with Gasteiger partial charge in [-0.25, -0.2) is 4.79 Å². The maximum Gasteiger partial charge on any atom is 0.341 e. The Labute approximate surface area is 73.0 Å². The van der Waals surface area contributed by atoms with Crippen molar-refractivity contribution in [2.24, 2.45) is 0 Å². The summed E-state index contributed by atoms with van der Waals surface area (Å²) in [6, 6.07) is 1.72. The van der Waals surface area contributed by atoms with E-state index in [2.05, 4.69) is 10.1 Å². The number of carbonyl (C=O) groups is 1. The Kier molecular flexibility index (Phi) is 1.63. The first-order valence-electron chi connectivity index (χ1n) is 3.60. The lowest BCUT2D eigenvalue weighted by Gasteiger charge is -1.90. The molecule has 0 amide bonds. The van der Waals surface area contributed by atoms with Gasteiger partial charge < -0.3 is 14.6 Å². The van der Waals surface area contributed by atoms with Crippen LogP contribution in [0.4, 0.5) is 0 Å². The lowest BCUT2D eigenvalue weighted by molar-refractivity contribution is 0.0697. The molecule has 0 unspecified atom stereocenters. The third-order valence-electron chi connectivity index (χ3n) is 1.66. The summed E-state index contributed by atoms with van der Waals surface area (Å²) in [6.07, 6.45) is 4.51. The van der Waals surface area contributed by atoms with Crippen LogP contribution < -0.4 is 0 Å². The van der Waals surface area contributed by atoms with Crippen molar-refractivity contribution in [1.29, 1.82) is 0 Å².